The molecule has 8 heteroatoms. The molecule has 0 atom stereocenters. The van der Waals surface area contributed by atoms with Crippen molar-refractivity contribution in [1.29, 1.82) is 0 Å². The molecule has 0 amide bonds. The van der Waals surface area contributed by atoms with Gasteiger partial charge in [-0.1, -0.05) is 0 Å². The molecule has 0 aliphatic heterocycles. The minimum absolute atomic E-state index is 0.0417. The molecule has 0 spiro atoms. The Morgan fingerprint density at radius 3 is 0.636 bits per heavy atom. The average molecular weight is 326 g/mol. The van der Waals surface area contributed by atoms with Gasteiger partial charge in [-0.2, -0.15) is 0 Å². The molecule has 0 aliphatic rings. The summed E-state index contributed by atoms with van der Waals surface area (Å²) in [5.41, 5.74) is 0. The highest BCUT2D eigenvalue weighted by Gasteiger charge is 2.33. The Morgan fingerprint density at radius 1 is 0.318 bits per heavy atom. The molecule has 8 nitrogen and oxygen atoms in total. The molecule has 0 rings (SSSR count). The van der Waals surface area contributed by atoms with Crippen LogP contribution in [0.2, 0.25) is 0 Å². The van der Waals surface area contributed by atoms with E-state index in [1.807, 2.05) is 0 Å². The van der Waals surface area contributed by atoms with E-state index in [0.717, 1.165) is 0 Å². The van der Waals surface area contributed by atoms with Crippen LogP contribution >= 0.6 is 0 Å². The molecule has 22 heavy (non-hydrogen) atoms. The first kappa shape index (κ1) is 21.7. The van der Waals surface area contributed by atoms with Gasteiger partial charge in [-0.05, 0) is 0 Å². The van der Waals surface area contributed by atoms with Crippen LogP contribution in [0.25, 0.3) is 0 Å². The van der Waals surface area contributed by atoms with Crippen molar-refractivity contribution < 1.29 is 39.6 Å². The first-order valence-electron chi connectivity index (χ1n) is 7.93. The fraction of sp³-hybridized carbons (Fsp3) is 1.00. The summed E-state index contributed by atoms with van der Waals surface area (Å²) in [5.74, 6) is 0. The van der Waals surface area contributed by atoms with E-state index in [2.05, 4.69) is 0 Å². The van der Waals surface area contributed by atoms with Gasteiger partial charge in [-0.25, -0.2) is 0 Å². The topological polar surface area (TPSA) is 121 Å². The number of aliphatic hydroxyl groups excluding tert-OH is 6. The van der Waals surface area contributed by atoms with Crippen molar-refractivity contribution in [3.63, 3.8) is 0 Å². The van der Waals surface area contributed by atoms with Crippen molar-refractivity contribution in [3.05, 3.63) is 0 Å². The molecule has 0 saturated heterocycles. The predicted octanol–water partition coefficient (Wildman–Crippen LogP) is -3.43. The fourth-order valence-corrected chi connectivity index (χ4v) is 3.04. The number of nitrogens with zero attached hydrogens (tertiary/aromatic N) is 2. The molecule has 0 radical (unpaired) electrons. The first-order chi connectivity index (χ1) is 10.6. The predicted molar refractivity (Wildman–Crippen MR) is 82.0 cm³/mol. The van der Waals surface area contributed by atoms with Gasteiger partial charge in [-0.15, -0.1) is 0 Å². The standard InChI is InChI=1S/C14H34N2O6/c17-9-3-15(4-10-18,5-11-19)1-2-16(6-12-20,7-13-21)8-14-22/h17-22H,1-14H2/q+2. The van der Waals surface area contributed by atoms with E-state index in [-0.39, 0.29) is 39.6 Å². The quantitative estimate of drug-likeness (QED) is 0.174. The summed E-state index contributed by atoms with van der Waals surface area (Å²) in [6.07, 6.45) is 0. The molecule has 0 aliphatic carbocycles. The Balaban J connectivity index is 5.04. The summed E-state index contributed by atoms with van der Waals surface area (Å²) in [4.78, 5) is 0. The van der Waals surface area contributed by atoms with Crippen LogP contribution in [0.5, 0.6) is 0 Å². The molecular formula is C14H34N2O6+2. The minimum Gasteiger partial charge on any atom is -0.391 e. The summed E-state index contributed by atoms with van der Waals surface area (Å²) >= 11 is 0. The zero-order chi connectivity index (χ0) is 16.9. The third kappa shape index (κ3) is 7.30. The van der Waals surface area contributed by atoms with Crippen LogP contribution in [0.1, 0.15) is 0 Å². The lowest BCUT2D eigenvalue weighted by atomic mass is 10.2. The van der Waals surface area contributed by atoms with Crippen molar-refractivity contribution in [1.82, 2.24) is 0 Å². The lowest BCUT2D eigenvalue weighted by molar-refractivity contribution is -0.981. The second-order valence-electron chi connectivity index (χ2n) is 5.81. The van der Waals surface area contributed by atoms with Gasteiger partial charge in [0.25, 0.3) is 0 Å². The molecule has 0 heterocycles. The highest BCUT2D eigenvalue weighted by molar-refractivity contribution is 4.50. The molecule has 0 fully saturated rings. The second-order valence-corrected chi connectivity index (χ2v) is 5.81. The molecule has 0 unspecified atom stereocenters. The van der Waals surface area contributed by atoms with E-state index >= 15 is 0 Å². The smallest absolute Gasteiger partial charge is 0.129 e. The van der Waals surface area contributed by atoms with Crippen molar-refractivity contribution in [2.75, 3.05) is 92.0 Å². The Morgan fingerprint density at radius 2 is 0.500 bits per heavy atom. The van der Waals surface area contributed by atoms with Gasteiger partial charge in [0.2, 0.25) is 0 Å². The fourth-order valence-electron chi connectivity index (χ4n) is 3.04. The molecule has 134 valence electrons. The van der Waals surface area contributed by atoms with Gasteiger partial charge in [0, 0.05) is 0 Å². The van der Waals surface area contributed by atoms with E-state index in [1.54, 1.807) is 0 Å². The van der Waals surface area contributed by atoms with Crippen LogP contribution < -0.4 is 0 Å². The van der Waals surface area contributed by atoms with Crippen LogP contribution in [-0.2, 0) is 0 Å². The lowest BCUT2D eigenvalue weighted by Gasteiger charge is -2.43. The van der Waals surface area contributed by atoms with E-state index < -0.39 is 0 Å². The summed E-state index contributed by atoms with van der Waals surface area (Å²) < 4.78 is 0.761. The van der Waals surface area contributed by atoms with Gasteiger partial charge >= 0.3 is 0 Å². The van der Waals surface area contributed by atoms with Crippen molar-refractivity contribution in [3.8, 4) is 0 Å². The third-order valence-corrected chi connectivity index (χ3v) is 4.49. The van der Waals surface area contributed by atoms with Gasteiger partial charge in [0.05, 0.1) is 39.6 Å². The van der Waals surface area contributed by atoms with Gasteiger partial charge < -0.3 is 39.6 Å². The Kier molecular flexibility index (Phi) is 12.0. The van der Waals surface area contributed by atoms with Crippen molar-refractivity contribution in [2.45, 2.75) is 0 Å². The SMILES string of the molecule is OCC[N+](CCO)(CCO)CC[N+](CCO)(CCO)CCO. The summed E-state index contributed by atoms with van der Waals surface area (Å²) in [6.45, 7) is 3.49. The zero-order valence-corrected chi connectivity index (χ0v) is 13.5. The molecule has 0 aromatic carbocycles. The maximum absolute atomic E-state index is 9.29. The van der Waals surface area contributed by atoms with Crippen molar-refractivity contribution >= 4 is 0 Å². The van der Waals surface area contributed by atoms with Crippen LogP contribution in [-0.4, -0.2) is 132 Å². The monoisotopic (exact) mass is 326 g/mol. The Hall–Kier alpha value is -0.320. The number of hydrogen-bond donors (Lipinski definition) is 6. The molecular weight excluding hydrogens is 292 g/mol. The summed E-state index contributed by atoms with van der Waals surface area (Å²) in [6, 6.07) is 0. The number of quaternary nitrogens is 2. The number of rotatable bonds is 15. The van der Waals surface area contributed by atoms with Crippen LogP contribution in [0.3, 0.4) is 0 Å². The number of aliphatic hydroxyl groups is 6. The van der Waals surface area contributed by atoms with Crippen molar-refractivity contribution in [2.24, 2.45) is 0 Å². The Bertz CT molecular complexity index is 208. The third-order valence-electron chi connectivity index (χ3n) is 4.49. The van der Waals surface area contributed by atoms with Gasteiger partial charge in [0.1, 0.15) is 52.4 Å². The second kappa shape index (κ2) is 12.1. The normalized spacial score (nSPS) is 12.8. The lowest BCUT2D eigenvalue weighted by Crippen LogP contribution is -2.62. The largest absolute Gasteiger partial charge is 0.391 e. The van der Waals surface area contributed by atoms with E-state index in [0.29, 0.717) is 61.3 Å². The van der Waals surface area contributed by atoms with Crippen LogP contribution in [0, 0.1) is 0 Å². The molecule has 6 N–H and O–H groups in total. The highest BCUT2D eigenvalue weighted by atomic mass is 16.3. The van der Waals surface area contributed by atoms with E-state index in [9.17, 15) is 30.6 Å². The molecule has 0 bridgehead atoms. The van der Waals surface area contributed by atoms with E-state index in [1.165, 1.54) is 0 Å². The maximum Gasteiger partial charge on any atom is 0.129 e. The molecule has 0 aromatic rings. The Labute approximate surface area is 132 Å². The summed E-state index contributed by atoms with van der Waals surface area (Å²) in [7, 11) is 0. The van der Waals surface area contributed by atoms with Crippen LogP contribution in [0.4, 0.5) is 0 Å². The van der Waals surface area contributed by atoms with Gasteiger partial charge in [-0.3, -0.25) is 0 Å². The maximum atomic E-state index is 9.29. The molecule has 0 aromatic heterocycles. The van der Waals surface area contributed by atoms with Crippen LogP contribution in [0.15, 0.2) is 0 Å². The molecule has 0 saturated carbocycles. The average Bonchev–Trinajstić information content (AvgIpc) is 2.47. The first-order valence-corrected chi connectivity index (χ1v) is 7.93. The van der Waals surface area contributed by atoms with Gasteiger partial charge in [0.15, 0.2) is 0 Å². The zero-order valence-electron chi connectivity index (χ0n) is 13.5. The minimum atomic E-state index is -0.0417. The number of hydrogen-bond acceptors (Lipinski definition) is 6. The summed E-state index contributed by atoms with van der Waals surface area (Å²) in [5, 5.41) is 55.7. The van der Waals surface area contributed by atoms with E-state index in [4.69, 9.17) is 0 Å². The highest BCUT2D eigenvalue weighted by Crippen LogP contribution is 2.12.